The Balaban J connectivity index is 1.46. The van der Waals surface area contributed by atoms with E-state index in [1.807, 2.05) is 120 Å². The molecule has 0 saturated carbocycles. The largest absolute Gasteiger partial charge is 0.321 e. The third kappa shape index (κ3) is 5.20. The van der Waals surface area contributed by atoms with Gasteiger partial charge in [0.05, 0.1) is 17.4 Å². The van der Waals surface area contributed by atoms with Crippen molar-refractivity contribution in [2.75, 3.05) is 10.2 Å². The number of carbonyl (C=O) groups excluding carboxylic acids is 2. The highest BCUT2D eigenvalue weighted by molar-refractivity contribution is 6.10. The summed E-state index contributed by atoms with van der Waals surface area (Å²) in [6.45, 7) is 0. The zero-order chi connectivity index (χ0) is 27.3. The first-order chi connectivity index (χ1) is 19.7. The van der Waals surface area contributed by atoms with Gasteiger partial charge in [-0.2, -0.15) is 0 Å². The van der Waals surface area contributed by atoms with Crippen LogP contribution in [0.25, 0.3) is 12.2 Å². The molecule has 6 rings (SSSR count). The van der Waals surface area contributed by atoms with Crippen LogP contribution in [0, 0.1) is 0 Å². The van der Waals surface area contributed by atoms with Crippen molar-refractivity contribution < 1.29 is 9.59 Å². The van der Waals surface area contributed by atoms with E-state index < -0.39 is 0 Å². The summed E-state index contributed by atoms with van der Waals surface area (Å²) in [6, 6.07) is 42.6. The van der Waals surface area contributed by atoms with Crippen LogP contribution < -0.4 is 10.2 Å². The Morgan fingerprint density at radius 2 is 1.25 bits per heavy atom. The van der Waals surface area contributed by atoms with Crippen LogP contribution in [-0.4, -0.2) is 11.8 Å². The number of carbonyl (C=O) groups is 2. The van der Waals surface area contributed by atoms with Crippen molar-refractivity contribution >= 4 is 35.3 Å². The number of anilines is 2. The Morgan fingerprint density at radius 1 is 0.675 bits per heavy atom. The second-order valence-corrected chi connectivity index (χ2v) is 9.80. The lowest BCUT2D eigenvalue weighted by Gasteiger charge is -2.26. The summed E-state index contributed by atoms with van der Waals surface area (Å²) in [5, 5.41) is 3.12. The van der Waals surface area contributed by atoms with Crippen molar-refractivity contribution in [3.8, 4) is 0 Å². The van der Waals surface area contributed by atoms with Crippen molar-refractivity contribution in [1.82, 2.24) is 0 Å². The standard InChI is InChI=1S/C36H28N2O2/c39-35(28-17-9-3-10-18-28)37-32-25-34-31(23-30(32)22-21-26-13-5-1-6-14-26)24-33(27-15-7-2-8-16-27)38(34)36(40)29-19-11-4-12-20-29/h1-23,25,33H,24H2,(H,37,39)/b22-21+/t33-/m1/s1. The Hall–Kier alpha value is -5.22. The molecule has 0 fully saturated rings. The van der Waals surface area contributed by atoms with E-state index in [1.54, 1.807) is 12.1 Å². The number of rotatable bonds is 6. The lowest BCUT2D eigenvalue weighted by atomic mass is 10.00. The highest BCUT2D eigenvalue weighted by Crippen LogP contribution is 2.44. The molecule has 0 spiro atoms. The first-order valence-electron chi connectivity index (χ1n) is 13.4. The Bertz CT molecular complexity index is 1660. The van der Waals surface area contributed by atoms with Crippen LogP contribution in [0.3, 0.4) is 0 Å². The van der Waals surface area contributed by atoms with E-state index >= 15 is 0 Å². The SMILES string of the molecule is O=C(Nc1cc2c(cc1/C=C/c1ccccc1)C[C@H](c1ccccc1)N2C(=O)c1ccccc1)c1ccccc1. The monoisotopic (exact) mass is 520 g/mol. The van der Waals surface area contributed by atoms with Crippen LogP contribution in [0.1, 0.15) is 49.0 Å². The fourth-order valence-electron chi connectivity index (χ4n) is 5.20. The summed E-state index contributed by atoms with van der Waals surface area (Å²) >= 11 is 0. The van der Waals surface area contributed by atoms with Crippen LogP contribution in [0.5, 0.6) is 0 Å². The van der Waals surface area contributed by atoms with E-state index in [0.29, 0.717) is 23.2 Å². The van der Waals surface area contributed by atoms with E-state index in [-0.39, 0.29) is 17.9 Å². The van der Waals surface area contributed by atoms with E-state index in [0.717, 1.165) is 27.9 Å². The molecule has 5 aromatic rings. The average Bonchev–Trinajstić information content (AvgIpc) is 3.39. The highest BCUT2D eigenvalue weighted by atomic mass is 16.2. The minimum Gasteiger partial charge on any atom is -0.321 e. The predicted octanol–water partition coefficient (Wildman–Crippen LogP) is 8.05. The number of hydrogen-bond acceptors (Lipinski definition) is 2. The molecule has 0 unspecified atom stereocenters. The summed E-state index contributed by atoms with van der Waals surface area (Å²) in [4.78, 5) is 29.1. The molecular formula is C36H28N2O2. The molecular weight excluding hydrogens is 492 g/mol. The summed E-state index contributed by atoms with van der Waals surface area (Å²) in [5.74, 6) is -0.269. The molecule has 194 valence electrons. The molecule has 0 bridgehead atoms. The van der Waals surface area contributed by atoms with Gasteiger partial charge in [-0.1, -0.05) is 109 Å². The zero-order valence-corrected chi connectivity index (χ0v) is 21.9. The molecule has 5 aromatic carbocycles. The fraction of sp³-hybridized carbons (Fsp3) is 0.0556. The maximum atomic E-state index is 14.0. The maximum Gasteiger partial charge on any atom is 0.258 e. The highest BCUT2D eigenvalue weighted by Gasteiger charge is 2.36. The molecule has 0 aliphatic carbocycles. The molecule has 0 aromatic heterocycles. The summed E-state index contributed by atoms with van der Waals surface area (Å²) in [7, 11) is 0. The number of hydrogen-bond donors (Lipinski definition) is 1. The number of nitrogens with zero attached hydrogens (tertiary/aromatic N) is 1. The Labute approximate surface area is 234 Å². The van der Waals surface area contributed by atoms with Gasteiger partial charge in [0, 0.05) is 11.1 Å². The van der Waals surface area contributed by atoms with E-state index in [1.165, 1.54) is 0 Å². The zero-order valence-electron chi connectivity index (χ0n) is 21.9. The van der Waals surface area contributed by atoms with Crippen molar-refractivity contribution in [3.05, 3.63) is 167 Å². The van der Waals surface area contributed by atoms with Gasteiger partial charge in [-0.15, -0.1) is 0 Å². The molecule has 1 aliphatic heterocycles. The molecule has 1 heterocycles. The van der Waals surface area contributed by atoms with E-state index in [9.17, 15) is 9.59 Å². The molecule has 0 radical (unpaired) electrons. The molecule has 1 aliphatic rings. The first-order valence-corrected chi connectivity index (χ1v) is 13.4. The normalized spacial score (nSPS) is 14.2. The molecule has 40 heavy (non-hydrogen) atoms. The van der Waals surface area contributed by atoms with Crippen LogP contribution in [0.4, 0.5) is 11.4 Å². The van der Waals surface area contributed by atoms with Crippen molar-refractivity contribution in [2.45, 2.75) is 12.5 Å². The molecule has 4 nitrogen and oxygen atoms in total. The van der Waals surface area contributed by atoms with Crippen LogP contribution in [0.2, 0.25) is 0 Å². The van der Waals surface area contributed by atoms with Crippen molar-refractivity contribution in [1.29, 1.82) is 0 Å². The first kappa shape index (κ1) is 25.1. The van der Waals surface area contributed by atoms with Gasteiger partial charge >= 0.3 is 0 Å². The van der Waals surface area contributed by atoms with Gasteiger partial charge in [0.1, 0.15) is 0 Å². The summed E-state index contributed by atoms with van der Waals surface area (Å²) < 4.78 is 0. The van der Waals surface area contributed by atoms with E-state index in [2.05, 4.69) is 23.5 Å². The summed E-state index contributed by atoms with van der Waals surface area (Å²) in [6.07, 6.45) is 4.74. The third-order valence-corrected chi connectivity index (χ3v) is 7.20. The topological polar surface area (TPSA) is 49.4 Å². The number of nitrogens with one attached hydrogen (secondary N) is 1. The number of fused-ring (bicyclic) bond motifs is 1. The summed E-state index contributed by atoms with van der Waals surface area (Å²) in [5.41, 5.74) is 6.73. The minimum absolute atomic E-state index is 0.0684. The van der Waals surface area contributed by atoms with Gasteiger partial charge < -0.3 is 10.2 Å². The smallest absolute Gasteiger partial charge is 0.258 e. The molecule has 1 atom stereocenters. The van der Waals surface area contributed by atoms with Gasteiger partial charge in [-0.3, -0.25) is 9.59 Å². The third-order valence-electron chi connectivity index (χ3n) is 7.20. The Kier molecular flexibility index (Phi) is 7.06. The second-order valence-electron chi connectivity index (χ2n) is 9.80. The van der Waals surface area contributed by atoms with Crippen molar-refractivity contribution in [3.63, 3.8) is 0 Å². The van der Waals surface area contributed by atoms with Crippen LogP contribution in [-0.2, 0) is 6.42 Å². The second kappa shape index (κ2) is 11.3. The van der Waals surface area contributed by atoms with Gasteiger partial charge in [0.15, 0.2) is 0 Å². The van der Waals surface area contributed by atoms with Gasteiger partial charge in [0.25, 0.3) is 11.8 Å². The van der Waals surface area contributed by atoms with Gasteiger partial charge in [0.2, 0.25) is 0 Å². The van der Waals surface area contributed by atoms with Crippen molar-refractivity contribution in [2.24, 2.45) is 0 Å². The maximum absolute atomic E-state index is 14.0. The van der Waals surface area contributed by atoms with Gasteiger partial charge in [-0.25, -0.2) is 0 Å². The average molecular weight is 521 g/mol. The lowest BCUT2D eigenvalue weighted by Crippen LogP contribution is -2.32. The number of benzene rings is 5. The predicted molar refractivity (Wildman–Crippen MR) is 162 cm³/mol. The van der Waals surface area contributed by atoms with E-state index in [4.69, 9.17) is 0 Å². The molecule has 4 heteroatoms. The van der Waals surface area contributed by atoms with Gasteiger partial charge in [-0.05, 0) is 65.1 Å². The molecule has 0 saturated heterocycles. The number of amides is 2. The molecule has 2 amide bonds. The van der Waals surface area contributed by atoms with Crippen LogP contribution in [0.15, 0.2) is 133 Å². The van der Waals surface area contributed by atoms with Crippen LogP contribution >= 0.6 is 0 Å². The quantitative estimate of drug-likeness (QED) is 0.230. The lowest BCUT2D eigenvalue weighted by molar-refractivity contribution is 0.0978. The molecule has 1 N–H and O–H groups in total. The fourth-order valence-corrected chi connectivity index (χ4v) is 5.20. The Morgan fingerprint density at radius 3 is 1.90 bits per heavy atom. The minimum atomic E-state index is -0.201.